The van der Waals surface area contributed by atoms with Gasteiger partial charge in [0.15, 0.2) is 5.82 Å². The Morgan fingerprint density at radius 2 is 2.28 bits per heavy atom. The summed E-state index contributed by atoms with van der Waals surface area (Å²) in [7, 11) is 0. The van der Waals surface area contributed by atoms with Crippen LogP contribution in [0, 0.1) is 3.57 Å². The van der Waals surface area contributed by atoms with Crippen LogP contribution in [-0.4, -0.2) is 21.2 Å². The van der Waals surface area contributed by atoms with Crippen LogP contribution < -0.4 is 5.32 Å². The minimum atomic E-state index is -0.296. The number of aromatic nitrogens is 2. The summed E-state index contributed by atoms with van der Waals surface area (Å²) in [6.07, 6.45) is 0.827. The average molecular weight is 357 g/mol. The molecule has 1 aromatic heterocycles. The summed E-state index contributed by atoms with van der Waals surface area (Å²) >= 11 is 2.00. The highest BCUT2D eigenvalue weighted by molar-refractivity contribution is 14.1. The van der Waals surface area contributed by atoms with Gasteiger partial charge in [-0.2, -0.15) is 5.10 Å². The molecule has 1 amide bonds. The van der Waals surface area contributed by atoms with E-state index >= 15 is 0 Å². The van der Waals surface area contributed by atoms with Crippen molar-refractivity contribution >= 4 is 34.3 Å². The molecule has 18 heavy (non-hydrogen) atoms. The molecule has 0 saturated heterocycles. The summed E-state index contributed by atoms with van der Waals surface area (Å²) in [6.45, 7) is 2.00. The number of benzene rings is 1. The number of H-pyrrole nitrogens is 1. The molecule has 0 aliphatic carbocycles. The fourth-order valence-electron chi connectivity index (χ4n) is 1.45. The first-order valence-corrected chi connectivity index (χ1v) is 6.52. The van der Waals surface area contributed by atoms with Crippen LogP contribution in [0.25, 0.3) is 0 Å². The zero-order valence-corrected chi connectivity index (χ0v) is 11.9. The Kier molecular flexibility index (Phi) is 3.85. The number of aromatic hydroxyl groups is 1. The van der Waals surface area contributed by atoms with Gasteiger partial charge in [0.25, 0.3) is 5.91 Å². The SMILES string of the molecule is CCc1cc(NC(=O)c2ccc(I)c(O)c2)n[nH]1. The Balaban J connectivity index is 2.14. The number of nitrogens with zero attached hydrogens (tertiary/aromatic N) is 1. The molecule has 0 bridgehead atoms. The Morgan fingerprint density at radius 3 is 2.89 bits per heavy atom. The average Bonchev–Trinajstić information content (AvgIpc) is 2.80. The van der Waals surface area contributed by atoms with Gasteiger partial charge >= 0.3 is 0 Å². The molecule has 3 N–H and O–H groups in total. The number of anilines is 1. The summed E-state index contributed by atoms with van der Waals surface area (Å²) in [5.41, 5.74) is 1.35. The molecule has 0 aliphatic heterocycles. The largest absolute Gasteiger partial charge is 0.507 e. The quantitative estimate of drug-likeness (QED) is 0.739. The second-order valence-electron chi connectivity index (χ2n) is 3.75. The third-order valence-electron chi connectivity index (χ3n) is 2.46. The zero-order chi connectivity index (χ0) is 13.1. The van der Waals surface area contributed by atoms with Crippen molar-refractivity contribution in [3.63, 3.8) is 0 Å². The molecule has 0 spiro atoms. The number of nitrogens with one attached hydrogen (secondary N) is 2. The second kappa shape index (κ2) is 5.38. The van der Waals surface area contributed by atoms with Crippen LogP contribution in [-0.2, 0) is 6.42 Å². The second-order valence-corrected chi connectivity index (χ2v) is 4.91. The van der Waals surface area contributed by atoms with E-state index in [1.165, 1.54) is 6.07 Å². The zero-order valence-electron chi connectivity index (χ0n) is 9.70. The molecule has 0 saturated carbocycles. The minimum Gasteiger partial charge on any atom is -0.507 e. The first-order valence-electron chi connectivity index (χ1n) is 5.44. The number of aromatic amines is 1. The molecule has 0 unspecified atom stereocenters. The van der Waals surface area contributed by atoms with Crippen molar-refractivity contribution in [1.29, 1.82) is 0 Å². The van der Waals surface area contributed by atoms with Crippen molar-refractivity contribution in [1.82, 2.24) is 10.2 Å². The van der Waals surface area contributed by atoms with Gasteiger partial charge in [-0.15, -0.1) is 0 Å². The number of halogens is 1. The first kappa shape index (κ1) is 12.9. The Hall–Kier alpha value is -1.57. The molecular weight excluding hydrogens is 345 g/mol. The number of hydrogen-bond donors (Lipinski definition) is 3. The van der Waals surface area contributed by atoms with Crippen LogP contribution in [0.3, 0.4) is 0 Å². The summed E-state index contributed by atoms with van der Waals surface area (Å²) in [4.78, 5) is 11.9. The van der Waals surface area contributed by atoms with Crippen molar-refractivity contribution in [2.24, 2.45) is 0 Å². The third kappa shape index (κ3) is 2.81. The monoisotopic (exact) mass is 357 g/mol. The number of phenolic OH excluding ortho intramolecular Hbond substituents is 1. The molecule has 1 aromatic carbocycles. The van der Waals surface area contributed by atoms with Crippen LogP contribution >= 0.6 is 22.6 Å². The predicted molar refractivity (Wildman–Crippen MR) is 76.7 cm³/mol. The number of aryl methyl sites for hydroxylation is 1. The van der Waals surface area contributed by atoms with E-state index in [4.69, 9.17) is 0 Å². The Labute approximate surface area is 118 Å². The number of phenols is 1. The highest BCUT2D eigenvalue weighted by Gasteiger charge is 2.10. The minimum absolute atomic E-state index is 0.0968. The fraction of sp³-hybridized carbons (Fsp3) is 0.167. The Morgan fingerprint density at radius 1 is 1.50 bits per heavy atom. The maximum absolute atomic E-state index is 11.9. The lowest BCUT2D eigenvalue weighted by Crippen LogP contribution is -2.12. The van der Waals surface area contributed by atoms with E-state index in [1.54, 1.807) is 18.2 Å². The lowest BCUT2D eigenvalue weighted by atomic mass is 10.2. The van der Waals surface area contributed by atoms with E-state index in [-0.39, 0.29) is 11.7 Å². The van der Waals surface area contributed by atoms with Gasteiger partial charge in [-0.25, -0.2) is 0 Å². The van der Waals surface area contributed by atoms with E-state index in [9.17, 15) is 9.90 Å². The van der Waals surface area contributed by atoms with Crippen molar-refractivity contribution in [3.8, 4) is 5.75 Å². The van der Waals surface area contributed by atoms with Gasteiger partial charge in [-0.1, -0.05) is 6.92 Å². The van der Waals surface area contributed by atoms with Crippen LogP contribution in [0.5, 0.6) is 5.75 Å². The van der Waals surface area contributed by atoms with Crippen molar-refractivity contribution in [2.75, 3.05) is 5.32 Å². The number of rotatable bonds is 3. The van der Waals surface area contributed by atoms with E-state index in [1.807, 2.05) is 29.5 Å². The van der Waals surface area contributed by atoms with Crippen molar-refractivity contribution < 1.29 is 9.90 Å². The molecule has 0 fully saturated rings. The molecule has 0 atom stereocenters. The van der Waals surface area contributed by atoms with Gasteiger partial charge in [0.05, 0.1) is 3.57 Å². The third-order valence-corrected chi connectivity index (χ3v) is 3.37. The highest BCUT2D eigenvalue weighted by Crippen LogP contribution is 2.21. The van der Waals surface area contributed by atoms with E-state index < -0.39 is 0 Å². The van der Waals surface area contributed by atoms with Crippen LogP contribution in [0.1, 0.15) is 23.0 Å². The Bertz CT molecular complexity index is 580. The molecule has 0 aliphatic rings. The standard InChI is InChI=1S/C12H12IN3O2/c1-2-8-6-11(16-15-8)14-12(18)7-3-4-9(13)10(17)5-7/h3-6,17H,2H2,1H3,(H2,14,15,16,18). The number of carbonyl (C=O) groups excluding carboxylic acids is 1. The normalized spacial score (nSPS) is 10.3. The first-order chi connectivity index (χ1) is 8.60. The van der Waals surface area contributed by atoms with Crippen LogP contribution in [0.15, 0.2) is 24.3 Å². The molecule has 6 heteroatoms. The van der Waals surface area contributed by atoms with E-state index in [2.05, 4.69) is 15.5 Å². The number of hydrogen-bond acceptors (Lipinski definition) is 3. The molecule has 1 heterocycles. The van der Waals surface area contributed by atoms with Gasteiger partial charge < -0.3 is 10.4 Å². The lowest BCUT2D eigenvalue weighted by molar-refractivity contribution is 0.102. The maximum atomic E-state index is 11.9. The van der Waals surface area contributed by atoms with E-state index in [0.717, 1.165) is 12.1 Å². The molecule has 5 nitrogen and oxygen atoms in total. The molecule has 94 valence electrons. The topological polar surface area (TPSA) is 78.0 Å². The summed E-state index contributed by atoms with van der Waals surface area (Å²) < 4.78 is 0.706. The maximum Gasteiger partial charge on any atom is 0.256 e. The summed E-state index contributed by atoms with van der Waals surface area (Å²) in [5.74, 6) is 0.283. The fourth-order valence-corrected chi connectivity index (χ4v) is 1.78. The molecule has 2 rings (SSSR count). The van der Waals surface area contributed by atoms with Gasteiger partial charge in [0.1, 0.15) is 5.75 Å². The number of carbonyl (C=O) groups is 1. The van der Waals surface area contributed by atoms with Crippen molar-refractivity contribution in [3.05, 3.63) is 39.1 Å². The smallest absolute Gasteiger partial charge is 0.256 e. The van der Waals surface area contributed by atoms with Crippen LogP contribution in [0.2, 0.25) is 0 Å². The summed E-state index contributed by atoms with van der Waals surface area (Å²) in [6, 6.07) is 6.56. The van der Waals surface area contributed by atoms with Gasteiger partial charge in [-0.3, -0.25) is 9.89 Å². The highest BCUT2D eigenvalue weighted by atomic mass is 127. The molecule has 2 aromatic rings. The number of amides is 1. The van der Waals surface area contributed by atoms with Gasteiger partial charge in [-0.05, 0) is 47.2 Å². The van der Waals surface area contributed by atoms with Crippen LogP contribution in [0.4, 0.5) is 5.82 Å². The van der Waals surface area contributed by atoms with Crippen molar-refractivity contribution in [2.45, 2.75) is 13.3 Å². The van der Waals surface area contributed by atoms with Gasteiger partial charge in [0.2, 0.25) is 0 Å². The van der Waals surface area contributed by atoms with E-state index in [0.29, 0.717) is 15.0 Å². The summed E-state index contributed by atoms with van der Waals surface area (Å²) in [5, 5.41) is 19.0. The lowest BCUT2D eigenvalue weighted by Gasteiger charge is -2.03. The molecular formula is C12H12IN3O2. The van der Waals surface area contributed by atoms with Gasteiger partial charge in [0, 0.05) is 17.3 Å². The molecule has 0 radical (unpaired) electrons. The predicted octanol–water partition coefficient (Wildman–Crippen LogP) is 2.53.